The summed E-state index contributed by atoms with van der Waals surface area (Å²) in [7, 11) is 0. The van der Waals surface area contributed by atoms with Gasteiger partial charge < -0.3 is 5.32 Å². The summed E-state index contributed by atoms with van der Waals surface area (Å²) < 4.78 is 0. The maximum absolute atomic E-state index is 3.64. The molecule has 0 saturated carbocycles. The molecule has 1 N–H and O–H groups in total. The van der Waals surface area contributed by atoms with Gasteiger partial charge in [-0.05, 0) is 42.9 Å². The summed E-state index contributed by atoms with van der Waals surface area (Å²) in [5.41, 5.74) is 3.51. The molecule has 1 saturated heterocycles. The summed E-state index contributed by atoms with van der Waals surface area (Å²) in [4.78, 5) is 0. The van der Waals surface area contributed by atoms with Gasteiger partial charge in [0.25, 0.3) is 0 Å². The lowest BCUT2D eigenvalue weighted by Crippen LogP contribution is -2.55. The molecule has 1 aliphatic carbocycles. The van der Waals surface area contributed by atoms with Crippen molar-refractivity contribution in [2.24, 2.45) is 0 Å². The average Bonchev–Trinajstić information content (AvgIpc) is 2.17. The van der Waals surface area contributed by atoms with Gasteiger partial charge in [0.05, 0.1) is 0 Å². The summed E-state index contributed by atoms with van der Waals surface area (Å²) in [6, 6.07) is 8.98. The number of hydrogen-bond acceptors (Lipinski definition) is 1. The van der Waals surface area contributed by atoms with Crippen LogP contribution in [0.2, 0.25) is 0 Å². The van der Waals surface area contributed by atoms with Gasteiger partial charge in [-0.2, -0.15) is 0 Å². The molecule has 2 aliphatic rings. The highest BCUT2D eigenvalue weighted by Gasteiger charge is 2.42. The first kappa shape index (κ1) is 8.49. The molecule has 1 aromatic rings. The Labute approximate surface area is 85.5 Å². The van der Waals surface area contributed by atoms with Crippen molar-refractivity contribution in [1.29, 1.82) is 0 Å². The van der Waals surface area contributed by atoms with Gasteiger partial charge in [0.2, 0.25) is 0 Å². The lowest BCUT2D eigenvalue weighted by molar-refractivity contribution is 0.171. The molecule has 1 spiro atoms. The highest BCUT2D eigenvalue weighted by atomic mass is 15.0. The van der Waals surface area contributed by atoms with Crippen molar-refractivity contribution in [1.82, 2.24) is 5.32 Å². The van der Waals surface area contributed by atoms with E-state index in [0.717, 1.165) is 5.92 Å². The molecule has 2 unspecified atom stereocenters. The summed E-state index contributed by atoms with van der Waals surface area (Å²) in [6.45, 7) is 3.55. The van der Waals surface area contributed by atoms with Crippen molar-refractivity contribution in [3.63, 3.8) is 0 Å². The second kappa shape index (κ2) is 2.83. The number of benzene rings is 1. The molecule has 14 heavy (non-hydrogen) atoms. The van der Waals surface area contributed by atoms with Crippen LogP contribution in [-0.4, -0.2) is 6.54 Å². The minimum absolute atomic E-state index is 0.364. The van der Waals surface area contributed by atoms with Crippen LogP contribution < -0.4 is 5.32 Å². The van der Waals surface area contributed by atoms with E-state index in [2.05, 4.69) is 36.5 Å². The Kier molecular flexibility index (Phi) is 1.72. The number of fused-ring (bicyclic) bond motifs is 2. The second-order valence-corrected chi connectivity index (χ2v) is 4.79. The first-order valence-corrected chi connectivity index (χ1v) is 5.66. The number of rotatable bonds is 0. The van der Waals surface area contributed by atoms with E-state index in [4.69, 9.17) is 0 Å². The average molecular weight is 187 g/mol. The van der Waals surface area contributed by atoms with Crippen LogP contribution in [-0.2, 0) is 5.54 Å². The highest BCUT2D eigenvalue weighted by molar-refractivity contribution is 5.40. The van der Waals surface area contributed by atoms with Crippen LogP contribution in [0.1, 0.15) is 43.2 Å². The topological polar surface area (TPSA) is 12.0 Å². The Hall–Kier alpha value is -0.820. The maximum atomic E-state index is 3.64. The van der Waals surface area contributed by atoms with E-state index in [-0.39, 0.29) is 0 Å². The summed E-state index contributed by atoms with van der Waals surface area (Å²) >= 11 is 0. The van der Waals surface area contributed by atoms with Crippen molar-refractivity contribution in [2.75, 3.05) is 6.54 Å². The normalized spacial score (nSPS) is 35.1. The van der Waals surface area contributed by atoms with Gasteiger partial charge in [-0.1, -0.05) is 31.2 Å². The zero-order valence-corrected chi connectivity index (χ0v) is 8.72. The quantitative estimate of drug-likeness (QED) is 0.658. The first-order valence-electron chi connectivity index (χ1n) is 5.66. The van der Waals surface area contributed by atoms with E-state index in [1.54, 1.807) is 11.1 Å². The molecular weight excluding hydrogens is 170 g/mol. The Morgan fingerprint density at radius 2 is 2.07 bits per heavy atom. The molecule has 3 rings (SSSR count). The predicted octanol–water partition coefficient (Wildman–Crippen LogP) is 2.77. The molecule has 0 bridgehead atoms. The Bertz CT molecular complexity index is 352. The molecule has 0 radical (unpaired) electrons. The largest absolute Gasteiger partial charge is 0.307 e. The Morgan fingerprint density at radius 3 is 2.79 bits per heavy atom. The molecule has 74 valence electrons. The van der Waals surface area contributed by atoms with E-state index in [0.29, 0.717) is 5.54 Å². The second-order valence-electron chi connectivity index (χ2n) is 4.79. The van der Waals surface area contributed by atoms with E-state index in [1.165, 1.54) is 25.8 Å². The van der Waals surface area contributed by atoms with Crippen LogP contribution in [0, 0.1) is 0 Å². The van der Waals surface area contributed by atoms with E-state index < -0.39 is 0 Å². The zero-order chi connectivity index (χ0) is 9.60. The minimum Gasteiger partial charge on any atom is -0.307 e. The highest BCUT2D eigenvalue weighted by Crippen LogP contribution is 2.45. The molecule has 0 amide bonds. The fraction of sp³-hybridized carbons (Fsp3) is 0.538. The maximum Gasteiger partial charge on any atom is 0.0449 e. The molecule has 1 aliphatic heterocycles. The molecule has 1 heteroatoms. The van der Waals surface area contributed by atoms with Crippen LogP contribution in [0.5, 0.6) is 0 Å². The van der Waals surface area contributed by atoms with Crippen molar-refractivity contribution in [2.45, 2.75) is 37.6 Å². The van der Waals surface area contributed by atoms with Crippen LogP contribution in [0.4, 0.5) is 0 Å². The van der Waals surface area contributed by atoms with Gasteiger partial charge in [0, 0.05) is 5.54 Å². The van der Waals surface area contributed by atoms with Crippen LogP contribution in [0.25, 0.3) is 0 Å². The lowest BCUT2D eigenvalue weighted by atomic mass is 9.68. The minimum atomic E-state index is 0.364. The summed E-state index contributed by atoms with van der Waals surface area (Å²) in [5.74, 6) is 0.749. The van der Waals surface area contributed by atoms with Gasteiger partial charge in [-0.25, -0.2) is 0 Å². The van der Waals surface area contributed by atoms with Crippen molar-refractivity contribution >= 4 is 0 Å². The summed E-state index contributed by atoms with van der Waals surface area (Å²) in [6.07, 6.45) is 3.99. The van der Waals surface area contributed by atoms with Crippen molar-refractivity contribution in [3.05, 3.63) is 35.4 Å². The molecule has 1 heterocycles. The van der Waals surface area contributed by atoms with Crippen LogP contribution in [0.3, 0.4) is 0 Å². The van der Waals surface area contributed by atoms with Gasteiger partial charge >= 0.3 is 0 Å². The predicted molar refractivity (Wildman–Crippen MR) is 58.4 cm³/mol. The molecular formula is C13H17N. The van der Waals surface area contributed by atoms with Gasteiger partial charge in [0.15, 0.2) is 0 Å². The number of nitrogens with one attached hydrogen (secondary N) is 1. The Balaban J connectivity index is 2.12. The Morgan fingerprint density at radius 1 is 1.29 bits per heavy atom. The van der Waals surface area contributed by atoms with Crippen LogP contribution >= 0.6 is 0 Å². The zero-order valence-electron chi connectivity index (χ0n) is 8.72. The van der Waals surface area contributed by atoms with Gasteiger partial charge in [-0.15, -0.1) is 0 Å². The monoisotopic (exact) mass is 187 g/mol. The molecule has 1 nitrogen and oxygen atoms in total. The molecule has 0 aromatic heterocycles. The van der Waals surface area contributed by atoms with Crippen molar-refractivity contribution < 1.29 is 0 Å². The van der Waals surface area contributed by atoms with Gasteiger partial charge in [0.1, 0.15) is 0 Å². The third-order valence-corrected chi connectivity index (χ3v) is 4.03. The van der Waals surface area contributed by atoms with E-state index in [9.17, 15) is 0 Å². The molecule has 1 fully saturated rings. The SMILES string of the molecule is CC1CCC2(CCN2)c2ccccc21. The van der Waals surface area contributed by atoms with Crippen LogP contribution in [0.15, 0.2) is 24.3 Å². The third kappa shape index (κ3) is 0.992. The standard InChI is InChI=1S/C13H17N/c1-10-6-7-13(8-9-14-13)12-5-3-2-4-11(10)12/h2-5,10,14H,6-9H2,1H3. The van der Waals surface area contributed by atoms with Crippen molar-refractivity contribution in [3.8, 4) is 0 Å². The fourth-order valence-corrected chi connectivity index (χ4v) is 2.99. The first-order chi connectivity index (χ1) is 6.82. The molecule has 2 atom stereocenters. The fourth-order valence-electron chi connectivity index (χ4n) is 2.99. The lowest BCUT2D eigenvalue weighted by Gasteiger charge is -2.49. The molecule has 1 aromatic carbocycles. The van der Waals surface area contributed by atoms with Gasteiger partial charge in [-0.3, -0.25) is 0 Å². The smallest absolute Gasteiger partial charge is 0.0449 e. The van der Waals surface area contributed by atoms with E-state index in [1.807, 2.05) is 0 Å². The van der Waals surface area contributed by atoms with E-state index >= 15 is 0 Å². The summed E-state index contributed by atoms with van der Waals surface area (Å²) in [5, 5.41) is 3.64. The number of hydrogen-bond donors (Lipinski definition) is 1. The third-order valence-electron chi connectivity index (χ3n) is 4.03.